The summed E-state index contributed by atoms with van der Waals surface area (Å²) < 4.78 is 1.53. The van der Waals surface area contributed by atoms with Crippen LogP contribution in [0.1, 0.15) is 45.4 Å². The lowest BCUT2D eigenvalue weighted by atomic mass is 9.95. The number of carbonyl (C=O) groups is 2. The molecule has 0 spiro atoms. The van der Waals surface area contributed by atoms with E-state index in [0.717, 1.165) is 27.9 Å². The Labute approximate surface area is 155 Å². The summed E-state index contributed by atoms with van der Waals surface area (Å²) in [5.41, 5.74) is 0. The maximum atomic E-state index is 12.0. The van der Waals surface area contributed by atoms with Crippen LogP contribution < -0.4 is 10.6 Å². The molecule has 1 heterocycles. The second kappa shape index (κ2) is 10.9. The second-order valence-electron chi connectivity index (χ2n) is 5.66. The molecule has 0 bridgehead atoms. The van der Waals surface area contributed by atoms with Crippen molar-refractivity contribution in [3.8, 4) is 0 Å². The van der Waals surface area contributed by atoms with E-state index in [1.807, 2.05) is 6.92 Å². The molecule has 2 rings (SSSR count). The number of nitrogens with one attached hydrogen (secondary N) is 2. The van der Waals surface area contributed by atoms with Gasteiger partial charge < -0.3 is 10.6 Å². The van der Waals surface area contributed by atoms with Gasteiger partial charge in [0.2, 0.25) is 11.8 Å². The topological polar surface area (TPSA) is 84.0 Å². The first-order valence-electron chi connectivity index (χ1n) is 8.32. The molecule has 2 N–H and O–H groups in total. The zero-order chi connectivity index (χ0) is 17.2. The molecule has 0 saturated heterocycles. The number of hydrogen-bond donors (Lipinski definition) is 2. The van der Waals surface area contributed by atoms with Gasteiger partial charge in [0.25, 0.3) is 0 Å². The van der Waals surface area contributed by atoms with Crippen LogP contribution in [-0.2, 0) is 9.59 Å². The zero-order valence-corrected chi connectivity index (χ0v) is 16.3. The molecule has 1 aromatic rings. The van der Waals surface area contributed by atoms with Crippen LogP contribution in [0.2, 0.25) is 0 Å². The lowest BCUT2D eigenvalue weighted by Gasteiger charge is -2.22. The van der Waals surface area contributed by atoms with Crippen molar-refractivity contribution in [2.45, 2.75) is 60.2 Å². The molecule has 1 saturated carbocycles. The van der Waals surface area contributed by atoms with Crippen LogP contribution in [0.3, 0.4) is 0 Å². The minimum Gasteiger partial charge on any atom is -0.355 e. The molecule has 1 aliphatic rings. The zero-order valence-electron chi connectivity index (χ0n) is 13.9. The lowest BCUT2D eigenvalue weighted by Crippen LogP contribution is -2.37. The van der Waals surface area contributed by atoms with Crippen molar-refractivity contribution in [3.05, 3.63) is 0 Å². The first-order chi connectivity index (χ1) is 11.7. The Morgan fingerprint density at radius 3 is 2.33 bits per heavy atom. The van der Waals surface area contributed by atoms with Crippen molar-refractivity contribution in [2.75, 3.05) is 18.1 Å². The van der Waals surface area contributed by atoms with E-state index in [1.54, 1.807) is 0 Å². The molecule has 0 unspecified atom stereocenters. The van der Waals surface area contributed by atoms with Gasteiger partial charge in [0.15, 0.2) is 8.68 Å². The summed E-state index contributed by atoms with van der Waals surface area (Å²) in [6.07, 6.45) is 6.82. The molecule has 134 valence electrons. The lowest BCUT2D eigenvalue weighted by molar-refractivity contribution is -0.119. The fraction of sp³-hybridized carbons (Fsp3) is 0.733. The average Bonchev–Trinajstić information content (AvgIpc) is 3.05. The predicted molar refractivity (Wildman–Crippen MR) is 99.7 cm³/mol. The highest BCUT2D eigenvalue weighted by molar-refractivity contribution is 8.03. The number of amides is 2. The maximum Gasteiger partial charge on any atom is 0.230 e. The summed E-state index contributed by atoms with van der Waals surface area (Å²) in [5.74, 6) is 0.794. The molecule has 0 aromatic carbocycles. The Morgan fingerprint density at radius 1 is 1.08 bits per heavy atom. The van der Waals surface area contributed by atoms with Crippen LogP contribution in [0.25, 0.3) is 0 Å². The summed E-state index contributed by atoms with van der Waals surface area (Å²) in [4.78, 5) is 23.5. The number of thioether (sulfide) groups is 2. The Bertz CT molecular complexity index is 533. The van der Waals surface area contributed by atoms with Gasteiger partial charge in [0, 0.05) is 12.6 Å². The predicted octanol–water partition coefficient (Wildman–Crippen LogP) is 2.70. The molecule has 1 aromatic heterocycles. The Hall–Kier alpha value is -0.800. The minimum absolute atomic E-state index is 0.0121. The van der Waals surface area contributed by atoms with Crippen molar-refractivity contribution in [1.29, 1.82) is 0 Å². The summed E-state index contributed by atoms with van der Waals surface area (Å²) in [5, 5.41) is 14.1. The number of nitrogens with zero attached hydrogens (tertiary/aromatic N) is 2. The largest absolute Gasteiger partial charge is 0.355 e. The van der Waals surface area contributed by atoms with Gasteiger partial charge in [-0.3, -0.25) is 9.59 Å². The van der Waals surface area contributed by atoms with E-state index in [2.05, 4.69) is 20.8 Å². The van der Waals surface area contributed by atoms with Crippen molar-refractivity contribution in [3.63, 3.8) is 0 Å². The minimum atomic E-state index is 0.0121. The normalized spacial score (nSPS) is 15.2. The van der Waals surface area contributed by atoms with Crippen LogP contribution in [0.5, 0.6) is 0 Å². The molecule has 0 atom stereocenters. The standard InChI is InChI=1S/C15H24N4O2S3/c1-2-8-16-12(20)9-22-14-18-19-15(24-14)23-10-13(21)17-11-6-4-3-5-7-11/h11H,2-10H2,1H3,(H,16,20)(H,17,21). The quantitative estimate of drug-likeness (QED) is 0.633. The molecular weight excluding hydrogens is 364 g/mol. The van der Waals surface area contributed by atoms with Crippen molar-refractivity contribution in [2.24, 2.45) is 0 Å². The summed E-state index contributed by atoms with van der Waals surface area (Å²) in [7, 11) is 0. The van der Waals surface area contributed by atoms with Crippen molar-refractivity contribution in [1.82, 2.24) is 20.8 Å². The van der Waals surface area contributed by atoms with E-state index in [0.29, 0.717) is 24.1 Å². The van der Waals surface area contributed by atoms with Gasteiger partial charge in [-0.05, 0) is 19.3 Å². The highest BCUT2D eigenvalue weighted by atomic mass is 32.2. The number of hydrogen-bond acceptors (Lipinski definition) is 7. The van der Waals surface area contributed by atoms with Gasteiger partial charge in [-0.2, -0.15) is 0 Å². The van der Waals surface area contributed by atoms with Gasteiger partial charge >= 0.3 is 0 Å². The van der Waals surface area contributed by atoms with Crippen LogP contribution in [0.15, 0.2) is 8.68 Å². The second-order valence-corrected chi connectivity index (χ2v) is 9.09. The molecule has 0 aliphatic heterocycles. The van der Waals surface area contributed by atoms with Gasteiger partial charge in [0.1, 0.15) is 0 Å². The highest BCUT2D eigenvalue weighted by Crippen LogP contribution is 2.28. The molecule has 9 heteroatoms. The van der Waals surface area contributed by atoms with Gasteiger partial charge in [0.05, 0.1) is 11.5 Å². The third-order valence-electron chi connectivity index (χ3n) is 3.58. The molecule has 1 aliphatic carbocycles. The van der Waals surface area contributed by atoms with E-state index in [-0.39, 0.29) is 11.8 Å². The number of aromatic nitrogens is 2. The molecule has 1 fully saturated rings. The fourth-order valence-corrected chi connectivity index (χ4v) is 5.06. The van der Waals surface area contributed by atoms with Crippen LogP contribution in [0, 0.1) is 0 Å². The Kier molecular flexibility index (Phi) is 8.90. The average molecular weight is 389 g/mol. The van der Waals surface area contributed by atoms with Gasteiger partial charge in [-0.25, -0.2) is 0 Å². The molecule has 0 radical (unpaired) electrons. The SMILES string of the molecule is CCCNC(=O)CSc1nnc(SCC(=O)NC2CCCCC2)s1. The van der Waals surface area contributed by atoms with Crippen LogP contribution in [0.4, 0.5) is 0 Å². The summed E-state index contributed by atoms with van der Waals surface area (Å²) in [6, 6.07) is 0.342. The van der Waals surface area contributed by atoms with E-state index in [1.165, 1.54) is 54.1 Å². The Balaban J connectivity index is 1.65. The Morgan fingerprint density at radius 2 is 1.71 bits per heavy atom. The molecular formula is C15H24N4O2S3. The molecule has 2 amide bonds. The molecule has 6 nitrogen and oxygen atoms in total. The third kappa shape index (κ3) is 7.40. The summed E-state index contributed by atoms with van der Waals surface area (Å²) >= 11 is 4.22. The third-order valence-corrected chi connectivity index (χ3v) is 6.77. The molecule has 24 heavy (non-hydrogen) atoms. The number of rotatable bonds is 9. The van der Waals surface area contributed by atoms with Crippen molar-refractivity contribution >= 4 is 46.7 Å². The van der Waals surface area contributed by atoms with Gasteiger partial charge in [-0.15, -0.1) is 10.2 Å². The van der Waals surface area contributed by atoms with E-state index in [9.17, 15) is 9.59 Å². The van der Waals surface area contributed by atoms with Crippen molar-refractivity contribution < 1.29 is 9.59 Å². The van der Waals surface area contributed by atoms with E-state index < -0.39 is 0 Å². The smallest absolute Gasteiger partial charge is 0.230 e. The number of carbonyl (C=O) groups excluding carboxylic acids is 2. The maximum absolute atomic E-state index is 12.0. The fourth-order valence-electron chi connectivity index (χ4n) is 2.40. The van der Waals surface area contributed by atoms with Crippen LogP contribution >= 0.6 is 34.9 Å². The summed E-state index contributed by atoms with van der Waals surface area (Å²) in [6.45, 7) is 2.72. The van der Waals surface area contributed by atoms with Gasteiger partial charge in [-0.1, -0.05) is 61.0 Å². The van der Waals surface area contributed by atoms with Crippen LogP contribution in [-0.4, -0.2) is 46.1 Å². The van der Waals surface area contributed by atoms with E-state index >= 15 is 0 Å². The van der Waals surface area contributed by atoms with E-state index in [4.69, 9.17) is 0 Å². The first kappa shape index (κ1) is 19.5. The highest BCUT2D eigenvalue weighted by Gasteiger charge is 2.16. The first-order valence-corrected chi connectivity index (χ1v) is 11.1. The monoisotopic (exact) mass is 388 g/mol.